The summed E-state index contributed by atoms with van der Waals surface area (Å²) in [6, 6.07) is 8.86. The van der Waals surface area contributed by atoms with Crippen LogP contribution in [-0.2, 0) is 9.47 Å². The van der Waals surface area contributed by atoms with Crippen molar-refractivity contribution in [2.24, 2.45) is 0 Å². The number of rotatable bonds is 4. The molecule has 1 N–H and O–H groups in total. The van der Waals surface area contributed by atoms with Crippen LogP contribution in [0.15, 0.2) is 36.7 Å². The van der Waals surface area contributed by atoms with Gasteiger partial charge in [-0.1, -0.05) is 0 Å². The number of aromatic nitrogens is 2. The highest BCUT2D eigenvalue weighted by Crippen LogP contribution is 2.32. The van der Waals surface area contributed by atoms with Gasteiger partial charge < -0.3 is 24.4 Å². The molecule has 27 heavy (non-hydrogen) atoms. The lowest BCUT2D eigenvalue weighted by molar-refractivity contribution is -0.169. The van der Waals surface area contributed by atoms with Crippen LogP contribution in [0.2, 0.25) is 0 Å². The summed E-state index contributed by atoms with van der Waals surface area (Å²) in [5.41, 5.74) is 1.00. The minimum Gasteiger partial charge on any atom is -0.497 e. The number of amides is 1. The molecule has 8 nitrogen and oxygen atoms in total. The van der Waals surface area contributed by atoms with Gasteiger partial charge in [-0.3, -0.25) is 4.79 Å². The topological polar surface area (TPSA) is 85.8 Å². The molecule has 142 valence electrons. The number of nitrogens with one attached hydrogen (secondary N) is 1. The van der Waals surface area contributed by atoms with E-state index in [2.05, 4.69) is 20.2 Å². The summed E-state index contributed by atoms with van der Waals surface area (Å²) in [4.78, 5) is 23.1. The van der Waals surface area contributed by atoms with Gasteiger partial charge in [-0.2, -0.15) is 0 Å². The summed E-state index contributed by atoms with van der Waals surface area (Å²) in [6.45, 7) is 2.83. The van der Waals surface area contributed by atoms with Gasteiger partial charge in [-0.25, -0.2) is 9.97 Å². The van der Waals surface area contributed by atoms with Gasteiger partial charge in [0.15, 0.2) is 5.79 Å². The summed E-state index contributed by atoms with van der Waals surface area (Å²) < 4.78 is 16.6. The Bertz CT molecular complexity index is 796. The third-order valence-electron chi connectivity index (χ3n) is 4.90. The molecule has 3 heterocycles. The quantitative estimate of drug-likeness (QED) is 0.882. The molecule has 2 aliphatic rings. The van der Waals surface area contributed by atoms with Gasteiger partial charge in [-0.05, 0) is 24.3 Å². The van der Waals surface area contributed by atoms with Crippen LogP contribution in [0, 0.1) is 0 Å². The zero-order valence-electron chi connectivity index (χ0n) is 15.2. The smallest absolute Gasteiger partial charge is 0.274 e. The molecule has 0 bridgehead atoms. The molecule has 2 aromatic rings. The molecule has 1 aromatic heterocycles. The van der Waals surface area contributed by atoms with E-state index < -0.39 is 5.79 Å². The van der Waals surface area contributed by atoms with E-state index in [-0.39, 0.29) is 5.91 Å². The van der Waals surface area contributed by atoms with E-state index in [1.54, 1.807) is 37.4 Å². The van der Waals surface area contributed by atoms with Crippen LogP contribution in [0.3, 0.4) is 0 Å². The maximum Gasteiger partial charge on any atom is 0.274 e. The predicted octanol–water partition coefficient (Wildman–Crippen LogP) is 2.08. The Morgan fingerprint density at radius 3 is 2.52 bits per heavy atom. The zero-order valence-corrected chi connectivity index (χ0v) is 15.2. The van der Waals surface area contributed by atoms with Gasteiger partial charge in [0.2, 0.25) is 0 Å². The Labute approximate surface area is 157 Å². The van der Waals surface area contributed by atoms with E-state index in [0.29, 0.717) is 24.6 Å². The van der Waals surface area contributed by atoms with Crippen LogP contribution in [0.4, 0.5) is 11.5 Å². The Balaban J connectivity index is 1.41. The van der Waals surface area contributed by atoms with Crippen molar-refractivity contribution in [3.8, 4) is 5.75 Å². The predicted molar refractivity (Wildman–Crippen MR) is 99.1 cm³/mol. The molecule has 0 saturated carbocycles. The van der Waals surface area contributed by atoms with Gasteiger partial charge in [0.25, 0.3) is 5.91 Å². The van der Waals surface area contributed by atoms with E-state index in [9.17, 15) is 4.79 Å². The molecular formula is C19H22N4O4. The number of methoxy groups -OCH3 is 1. The lowest BCUT2D eigenvalue weighted by atomic mass is 10.0. The van der Waals surface area contributed by atoms with Crippen LogP contribution >= 0.6 is 0 Å². The molecule has 1 spiro atoms. The first kappa shape index (κ1) is 17.7. The van der Waals surface area contributed by atoms with Crippen LogP contribution < -0.4 is 15.0 Å². The highest BCUT2D eigenvalue weighted by atomic mass is 16.7. The van der Waals surface area contributed by atoms with Crippen molar-refractivity contribution in [1.82, 2.24) is 9.97 Å². The first-order valence-corrected chi connectivity index (χ1v) is 8.98. The lowest BCUT2D eigenvalue weighted by Crippen LogP contribution is -2.45. The minimum atomic E-state index is -0.432. The fourth-order valence-corrected chi connectivity index (χ4v) is 3.38. The van der Waals surface area contributed by atoms with Gasteiger partial charge >= 0.3 is 0 Å². The van der Waals surface area contributed by atoms with Crippen LogP contribution in [-0.4, -0.2) is 55.1 Å². The van der Waals surface area contributed by atoms with Crippen molar-refractivity contribution in [1.29, 1.82) is 0 Å². The molecule has 0 atom stereocenters. The van der Waals surface area contributed by atoms with Crippen molar-refractivity contribution in [2.45, 2.75) is 18.6 Å². The summed E-state index contributed by atoms with van der Waals surface area (Å²) in [5, 5.41) is 2.84. The summed E-state index contributed by atoms with van der Waals surface area (Å²) in [6.07, 6.45) is 2.99. The molecule has 0 aliphatic carbocycles. The second-order valence-corrected chi connectivity index (χ2v) is 6.54. The summed E-state index contributed by atoms with van der Waals surface area (Å²) in [5.74, 6) is 0.755. The van der Waals surface area contributed by atoms with E-state index in [1.165, 1.54) is 6.33 Å². The third-order valence-corrected chi connectivity index (χ3v) is 4.90. The van der Waals surface area contributed by atoms with Crippen LogP contribution in [0.25, 0.3) is 0 Å². The second-order valence-electron chi connectivity index (χ2n) is 6.54. The Morgan fingerprint density at radius 2 is 1.85 bits per heavy atom. The number of piperidine rings is 1. The number of ether oxygens (including phenoxy) is 3. The number of nitrogens with zero attached hydrogens (tertiary/aromatic N) is 3. The van der Waals surface area contributed by atoms with E-state index in [1.807, 2.05) is 0 Å². The standard InChI is InChI=1S/C19H22N4O4/c1-25-15-4-2-14(3-5-15)22-18(24)16-12-17(21-13-20-16)23-8-6-19(7-9-23)26-10-11-27-19/h2-5,12-13H,6-11H2,1H3,(H,22,24). The van der Waals surface area contributed by atoms with Crippen molar-refractivity contribution in [3.05, 3.63) is 42.4 Å². The molecular weight excluding hydrogens is 348 g/mol. The molecule has 2 aliphatic heterocycles. The number of benzene rings is 1. The van der Waals surface area contributed by atoms with Crippen molar-refractivity contribution in [2.75, 3.05) is 43.6 Å². The largest absolute Gasteiger partial charge is 0.497 e. The van der Waals surface area contributed by atoms with Gasteiger partial charge in [0, 0.05) is 37.7 Å². The average Bonchev–Trinajstić information content (AvgIpc) is 3.17. The van der Waals surface area contributed by atoms with Crippen molar-refractivity contribution >= 4 is 17.4 Å². The number of anilines is 2. The maximum absolute atomic E-state index is 12.5. The normalized spacial score (nSPS) is 18.5. The third kappa shape index (κ3) is 3.86. The highest BCUT2D eigenvalue weighted by Gasteiger charge is 2.40. The van der Waals surface area contributed by atoms with Gasteiger partial charge in [0.1, 0.15) is 23.6 Å². The fourth-order valence-electron chi connectivity index (χ4n) is 3.38. The number of carbonyl (C=O) groups excluding carboxylic acids is 1. The molecule has 1 amide bonds. The van der Waals surface area contributed by atoms with Crippen LogP contribution in [0.1, 0.15) is 23.3 Å². The second kappa shape index (κ2) is 7.50. The number of hydrogen-bond acceptors (Lipinski definition) is 7. The first-order valence-electron chi connectivity index (χ1n) is 8.98. The Morgan fingerprint density at radius 1 is 1.15 bits per heavy atom. The van der Waals surface area contributed by atoms with Crippen molar-refractivity contribution in [3.63, 3.8) is 0 Å². The molecule has 1 aromatic carbocycles. The lowest BCUT2D eigenvalue weighted by Gasteiger charge is -2.38. The molecule has 4 rings (SSSR count). The SMILES string of the molecule is COc1ccc(NC(=O)c2cc(N3CCC4(CC3)OCCO4)ncn2)cc1. The van der Waals surface area contributed by atoms with Crippen molar-refractivity contribution < 1.29 is 19.0 Å². The molecule has 2 fully saturated rings. The molecule has 0 unspecified atom stereocenters. The molecule has 0 radical (unpaired) electrons. The minimum absolute atomic E-state index is 0.278. The molecule has 2 saturated heterocycles. The maximum atomic E-state index is 12.5. The van der Waals surface area contributed by atoms with E-state index in [0.717, 1.165) is 37.5 Å². The highest BCUT2D eigenvalue weighted by molar-refractivity contribution is 6.03. The van der Waals surface area contributed by atoms with Crippen LogP contribution in [0.5, 0.6) is 5.75 Å². The van der Waals surface area contributed by atoms with Gasteiger partial charge in [-0.15, -0.1) is 0 Å². The summed E-state index contributed by atoms with van der Waals surface area (Å²) in [7, 11) is 1.60. The average molecular weight is 370 g/mol. The monoisotopic (exact) mass is 370 g/mol. The Hall–Kier alpha value is -2.71. The molecule has 8 heteroatoms. The first-order chi connectivity index (χ1) is 13.2. The van der Waals surface area contributed by atoms with Gasteiger partial charge in [0.05, 0.1) is 20.3 Å². The number of carbonyl (C=O) groups is 1. The zero-order chi connectivity index (χ0) is 18.7. The fraction of sp³-hybridized carbons (Fsp3) is 0.421. The Kier molecular flexibility index (Phi) is 4.91. The number of hydrogen-bond donors (Lipinski definition) is 1. The summed E-state index contributed by atoms with van der Waals surface area (Å²) >= 11 is 0. The van der Waals surface area contributed by atoms with E-state index >= 15 is 0 Å². The van der Waals surface area contributed by atoms with E-state index in [4.69, 9.17) is 14.2 Å².